The first-order chi connectivity index (χ1) is 8.97. The van der Waals surface area contributed by atoms with Crippen LogP contribution in [0.1, 0.15) is 15.9 Å². The van der Waals surface area contributed by atoms with Gasteiger partial charge < -0.3 is 16.2 Å². The lowest BCUT2D eigenvalue weighted by molar-refractivity contribution is 0.0998. The summed E-state index contributed by atoms with van der Waals surface area (Å²) in [5.74, 6) is -0.283. The molecule has 2 aromatic rings. The first-order valence-electron chi connectivity index (χ1n) is 5.60. The maximum absolute atomic E-state index is 13.2. The van der Waals surface area contributed by atoms with Crippen molar-refractivity contribution in [3.8, 4) is 11.5 Å². The van der Waals surface area contributed by atoms with E-state index in [1.165, 1.54) is 30.3 Å². The molecule has 0 saturated carbocycles. The number of nitrogen functional groups attached to an aromatic ring is 1. The molecule has 5 heteroatoms. The van der Waals surface area contributed by atoms with Gasteiger partial charge in [0, 0.05) is 11.8 Å². The van der Waals surface area contributed by atoms with Crippen molar-refractivity contribution in [2.45, 2.75) is 6.92 Å². The fourth-order valence-corrected chi connectivity index (χ4v) is 1.63. The molecule has 0 spiro atoms. The number of hydrogen-bond donors (Lipinski definition) is 2. The van der Waals surface area contributed by atoms with Gasteiger partial charge in [-0.1, -0.05) is 0 Å². The lowest BCUT2D eigenvalue weighted by atomic mass is 10.1. The molecular formula is C14H13FN2O2. The number of primary amides is 1. The second kappa shape index (κ2) is 4.97. The molecule has 19 heavy (non-hydrogen) atoms. The highest BCUT2D eigenvalue weighted by Gasteiger charge is 2.11. The van der Waals surface area contributed by atoms with E-state index in [-0.39, 0.29) is 17.1 Å². The molecule has 0 heterocycles. The Labute approximate surface area is 109 Å². The minimum Gasteiger partial charge on any atom is -0.456 e. The van der Waals surface area contributed by atoms with Gasteiger partial charge in [-0.2, -0.15) is 0 Å². The number of aryl methyl sites for hydroxylation is 1. The third-order valence-electron chi connectivity index (χ3n) is 2.63. The van der Waals surface area contributed by atoms with Gasteiger partial charge in [-0.05, 0) is 42.8 Å². The van der Waals surface area contributed by atoms with Crippen LogP contribution in [0.2, 0.25) is 0 Å². The summed E-state index contributed by atoms with van der Waals surface area (Å²) < 4.78 is 18.7. The summed E-state index contributed by atoms with van der Waals surface area (Å²) in [4.78, 5) is 11.3. The maximum Gasteiger partial charge on any atom is 0.252 e. The Kier molecular flexibility index (Phi) is 3.37. The minimum atomic E-state index is -0.617. The first kappa shape index (κ1) is 12.9. The molecule has 1 amide bonds. The molecule has 4 N–H and O–H groups in total. The second-order valence-electron chi connectivity index (χ2n) is 4.13. The van der Waals surface area contributed by atoms with Gasteiger partial charge in [0.15, 0.2) is 0 Å². The van der Waals surface area contributed by atoms with Crippen LogP contribution < -0.4 is 16.2 Å². The van der Waals surface area contributed by atoms with Crippen LogP contribution in [-0.2, 0) is 0 Å². The molecule has 0 radical (unpaired) electrons. The average Bonchev–Trinajstić information content (AvgIpc) is 2.33. The zero-order chi connectivity index (χ0) is 14.0. The van der Waals surface area contributed by atoms with E-state index in [0.29, 0.717) is 17.0 Å². The van der Waals surface area contributed by atoms with Crippen molar-refractivity contribution in [3.63, 3.8) is 0 Å². The Morgan fingerprint density at radius 3 is 2.58 bits per heavy atom. The SMILES string of the molecule is Cc1cc(Oc2cc(N)ccc2C(N)=O)ccc1F. The van der Waals surface area contributed by atoms with E-state index in [4.69, 9.17) is 16.2 Å². The highest BCUT2D eigenvalue weighted by atomic mass is 19.1. The predicted octanol–water partition coefficient (Wildman–Crippen LogP) is 2.61. The number of nitrogens with two attached hydrogens (primary N) is 2. The number of hydrogen-bond acceptors (Lipinski definition) is 3. The van der Waals surface area contributed by atoms with E-state index >= 15 is 0 Å². The van der Waals surface area contributed by atoms with Crippen LogP contribution >= 0.6 is 0 Å². The quantitative estimate of drug-likeness (QED) is 0.832. The molecule has 0 aliphatic rings. The molecule has 0 fully saturated rings. The molecule has 0 bridgehead atoms. The van der Waals surface area contributed by atoms with Crippen molar-refractivity contribution in [1.29, 1.82) is 0 Å². The van der Waals surface area contributed by atoms with Gasteiger partial charge in [-0.15, -0.1) is 0 Å². The number of benzene rings is 2. The van der Waals surface area contributed by atoms with Gasteiger partial charge in [0.05, 0.1) is 5.56 Å². The van der Waals surface area contributed by atoms with Gasteiger partial charge >= 0.3 is 0 Å². The zero-order valence-corrected chi connectivity index (χ0v) is 10.3. The Balaban J connectivity index is 2.39. The van der Waals surface area contributed by atoms with Crippen LogP contribution in [0.5, 0.6) is 11.5 Å². The van der Waals surface area contributed by atoms with Gasteiger partial charge in [-0.25, -0.2) is 4.39 Å². The van der Waals surface area contributed by atoms with Crippen LogP contribution in [0.25, 0.3) is 0 Å². The third kappa shape index (κ3) is 2.82. The molecule has 0 aromatic heterocycles. The maximum atomic E-state index is 13.2. The van der Waals surface area contributed by atoms with Gasteiger partial charge in [0.2, 0.25) is 0 Å². The van der Waals surface area contributed by atoms with Crippen molar-refractivity contribution in [1.82, 2.24) is 0 Å². The second-order valence-corrected chi connectivity index (χ2v) is 4.13. The van der Waals surface area contributed by atoms with Gasteiger partial charge in [-0.3, -0.25) is 4.79 Å². The van der Waals surface area contributed by atoms with Crippen molar-refractivity contribution >= 4 is 11.6 Å². The number of halogens is 1. The Hall–Kier alpha value is -2.56. The van der Waals surface area contributed by atoms with E-state index in [1.54, 1.807) is 13.0 Å². The summed E-state index contributed by atoms with van der Waals surface area (Å²) in [6, 6.07) is 8.84. The van der Waals surface area contributed by atoms with Crippen molar-refractivity contribution in [3.05, 3.63) is 53.3 Å². The molecule has 0 atom stereocenters. The summed E-state index contributed by atoms with van der Waals surface area (Å²) in [5, 5.41) is 0. The number of carbonyl (C=O) groups excluding carboxylic acids is 1. The fraction of sp³-hybridized carbons (Fsp3) is 0.0714. The highest BCUT2D eigenvalue weighted by Crippen LogP contribution is 2.28. The molecule has 98 valence electrons. The van der Waals surface area contributed by atoms with E-state index < -0.39 is 5.91 Å². The molecule has 2 rings (SSSR count). The lowest BCUT2D eigenvalue weighted by Crippen LogP contribution is -2.12. The van der Waals surface area contributed by atoms with Crippen molar-refractivity contribution in [2.24, 2.45) is 5.73 Å². The standard InChI is InChI=1S/C14H13FN2O2/c1-8-6-10(3-5-12(8)15)19-13-7-9(16)2-4-11(13)14(17)18/h2-7H,16H2,1H3,(H2,17,18). The molecular weight excluding hydrogens is 247 g/mol. The van der Waals surface area contributed by atoms with Crippen molar-refractivity contribution < 1.29 is 13.9 Å². The van der Waals surface area contributed by atoms with E-state index in [0.717, 1.165) is 0 Å². The number of ether oxygens (including phenoxy) is 1. The number of anilines is 1. The fourth-order valence-electron chi connectivity index (χ4n) is 1.63. The van der Waals surface area contributed by atoms with Crippen LogP contribution in [-0.4, -0.2) is 5.91 Å². The van der Waals surface area contributed by atoms with Crippen LogP contribution in [0.3, 0.4) is 0 Å². The largest absolute Gasteiger partial charge is 0.456 e. The van der Waals surface area contributed by atoms with E-state index in [1.807, 2.05) is 0 Å². The first-order valence-corrected chi connectivity index (χ1v) is 5.60. The van der Waals surface area contributed by atoms with E-state index in [9.17, 15) is 9.18 Å². The number of carbonyl (C=O) groups is 1. The van der Waals surface area contributed by atoms with Crippen LogP contribution in [0.15, 0.2) is 36.4 Å². The summed E-state index contributed by atoms with van der Waals surface area (Å²) in [7, 11) is 0. The smallest absolute Gasteiger partial charge is 0.252 e. The topological polar surface area (TPSA) is 78.3 Å². The zero-order valence-electron chi connectivity index (χ0n) is 10.3. The average molecular weight is 260 g/mol. The Morgan fingerprint density at radius 2 is 1.95 bits per heavy atom. The van der Waals surface area contributed by atoms with Crippen LogP contribution in [0.4, 0.5) is 10.1 Å². The molecule has 0 saturated heterocycles. The van der Waals surface area contributed by atoms with Gasteiger partial charge in [0.1, 0.15) is 17.3 Å². The molecule has 0 aliphatic heterocycles. The third-order valence-corrected chi connectivity index (χ3v) is 2.63. The Morgan fingerprint density at radius 1 is 1.21 bits per heavy atom. The summed E-state index contributed by atoms with van der Waals surface area (Å²) in [5.41, 5.74) is 12.0. The molecule has 2 aromatic carbocycles. The molecule has 0 aliphatic carbocycles. The summed E-state index contributed by atoms with van der Waals surface area (Å²) in [6.07, 6.45) is 0. The molecule has 0 unspecified atom stereocenters. The number of amides is 1. The summed E-state index contributed by atoms with van der Waals surface area (Å²) in [6.45, 7) is 1.62. The minimum absolute atomic E-state index is 0.219. The predicted molar refractivity (Wildman–Crippen MR) is 70.6 cm³/mol. The van der Waals surface area contributed by atoms with E-state index in [2.05, 4.69) is 0 Å². The Bertz CT molecular complexity index is 641. The van der Waals surface area contributed by atoms with Crippen LogP contribution in [0, 0.1) is 12.7 Å². The lowest BCUT2D eigenvalue weighted by Gasteiger charge is -2.10. The number of rotatable bonds is 3. The summed E-state index contributed by atoms with van der Waals surface area (Å²) >= 11 is 0. The highest BCUT2D eigenvalue weighted by molar-refractivity contribution is 5.96. The molecule has 4 nitrogen and oxygen atoms in total. The monoisotopic (exact) mass is 260 g/mol. The van der Waals surface area contributed by atoms with Gasteiger partial charge in [0.25, 0.3) is 5.91 Å². The normalized spacial score (nSPS) is 10.2. The van der Waals surface area contributed by atoms with Crippen molar-refractivity contribution in [2.75, 3.05) is 5.73 Å².